The van der Waals surface area contributed by atoms with Crippen molar-refractivity contribution >= 4 is 5.97 Å². The maximum atomic E-state index is 11.3. The first-order chi connectivity index (χ1) is 11.0. The zero-order valence-corrected chi connectivity index (χ0v) is 13.9. The molecule has 1 aromatic rings. The fraction of sp³-hybridized carbons (Fsp3) is 0.588. The molecule has 1 aliphatic heterocycles. The molecule has 2 rings (SSSR count). The van der Waals surface area contributed by atoms with Crippen LogP contribution in [0.25, 0.3) is 0 Å². The second kappa shape index (κ2) is 8.29. The lowest BCUT2D eigenvalue weighted by Gasteiger charge is -2.36. The van der Waals surface area contributed by atoms with Crippen molar-refractivity contribution in [1.29, 1.82) is 0 Å². The summed E-state index contributed by atoms with van der Waals surface area (Å²) in [4.78, 5) is 13.5. The van der Waals surface area contributed by atoms with Crippen LogP contribution in [0.5, 0.6) is 5.75 Å². The van der Waals surface area contributed by atoms with E-state index in [-0.39, 0.29) is 24.8 Å². The van der Waals surface area contributed by atoms with Gasteiger partial charge in [0.2, 0.25) is 0 Å². The summed E-state index contributed by atoms with van der Waals surface area (Å²) in [6.07, 6.45) is -0.219. The van der Waals surface area contributed by atoms with E-state index in [9.17, 15) is 9.90 Å². The number of carbonyl (C=O) groups is 1. The maximum Gasteiger partial charge on any atom is 0.337 e. The summed E-state index contributed by atoms with van der Waals surface area (Å²) in [6, 6.07) is 6.66. The molecular weight excluding hydrogens is 298 g/mol. The van der Waals surface area contributed by atoms with E-state index in [1.54, 1.807) is 24.3 Å². The van der Waals surface area contributed by atoms with Crippen molar-refractivity contribution in [1.82, 2.24) is 4.90 Å². The van der Waals surface area contributed by atoms with Gasteiger partial charge in [0, 0.05) is 19.6 Å². The number of hydrogen-bond donors (Lipinski definition) is 1. The third-order valence-electron chi connectivity index (χ3n) is 3.68. The van der Waals surface area contributed by atoms with E-state index < -0.39 is 6.10 Å². The molecule has 23 heavy (non-hydrogen) atoms. The Morgan fingerprint density at radius 3 is 2.48 bits per heavy atom. The Labute approximate surface area is 136 Å². The van der Waals surface area contributed by atoms with E-state index in [0.717, 1.165) is 13.1 Å². The average Bonchev–Trinajstić information content (AvgIpc) is 2.51. The number of benzene rings is 1. The van der Waals surface area contributed by atoms with Gasteiger partial charge in [0.1, 0.15) is 18.5 Å². The summed E-state index contributed by atoms with van der Waals surface area (Å²) >= 11 is 0. The molecule has 128 valence electrons. The van der Waals surface area contributed by atoms with Crippen molar-refractivity contribution in [2.75, 3.05) is 33.4 Å². The SMILES string of the molecule is COC(=O)c1ccc(OC[C@@H](O)CN2C[C@H](C)O[C@@H](C)C2)cc1. The molecule has 1 fully saturated rings. The van der Waals surface area contributed by atoms with Gasteiger partial charge in [0.15, 0.2) is 0 Å². The number of aliphatic hydroxyl groups excluding tert-OH is 1. The molecule has 3 atom stereocenters. The molecular formula is C17H25NO5. The first kappa shape index (κ1) is 17.7. The highest BCUT2D eigenvalue weighted by atomic mass is 16.5. The lowest BCUT2D eigenvalue weighted by molar-refractivity contribution is -0.0786. The fourth-order valence-electron chi connectivity index (χ4n) is 2.78. The van der Waals surface area contributed by atoms with Gasteiger partial charge in [-0.15, -0.1) is 0 Å². The quantitative estimate of drug-likeness (QED) is 0.797. The van der Waals surface area contributed by atoms with Gasteiger partial charge in [-0.1, -0.05) is 0 Å². The van der Waals surface area contributed by atoms with Crippen LogP contribution in [0.1, 0.15) is 24.2 Å². The van der Waals surface area contributed by atoms with E-state index in [1.165, 1.54) is 7.11 Å². The Morgan fingerprint density at radius 2 is 1.91 bits per heavy atom. The molecule has 1 aromatic carbocycles. The van der Waals surface area contributed by atoms with Crippen LogP contribution in [0.15, 0.2) is 24.3 Å². The molecule has 0 bridgehead atoms. The first-order valence-corrected chi connectivity index (χ1v) is 7.85. The lowest BCUT2D eigenvalue weighted by atomic mass is 10.2. The average molecular weight is 323 g/mol. The molecule has 0 amide bonds. The second-order valence-electron chi connectivity index (χ2n) is 5.96. The third-order valence-corrected chi connectivity index (χ3v) is 3.68. The summed E-state index contributed by atoms with van der Waals surface area (Å²) in [5.74, 6) is 0.229. The molecule has 6 nitrogen and oxygen atoms in total. The van der Waals surface area contributed by atoms with Crippen molar-refractivity contribution in [2.45, 2.75) is 32.2 Å². The number of ether oxygens (including phenoxy) is 3. The summed E-state index contributed by atoms with van der Waals surface area (Å²) in [5, 5.41) is 10.1. The molecule has 6 heteroatoms. The second-order valence-corrected chi connectivity index (χ2v) is 5.96. The number of methoxy groups -OCH3 is 1. The Kier molecular flexibility index (Phi) is 6.38. The minimum atomic E-state index is -0.576. The summed E-state index contributed by atoms with van der Waals surface area (Å²) in [5.41, 5.74) is 0.469. The predicted molar refractivity (Wildman–Crippen MR) is 85.7 cm³/mol. The minimum Gasteiger partial charge on any atom is -0.491 e. The number of β-amino-alcohol motifs (C(OH)–C–C–N with tert-alkyl or cyclic N) is 1. The van der Waals surface area contributed by atoms with Crippen molar-refractivity contribution < 1.29 is 24.1 Å². The molecule has 0 aliphatic carbocycles. The van der Waals surface area contributed by atoms with Gasteiger partial charge >= 0.3 is 5.97 Å². The van der Waals surface area contributed by atoms with Gasteiger partial charge in [0.25, 0.3) is 0 Å². The summed E-state index contributed by atoms with van der Waals surface area (Å²) in [7, 11) is 1.34. The molecule has 0 saturated carbocycles. The third kappa shape index (κ3) is 5.49. The number of nitrogens with zero attached hydrogens (tertiary/aromatic N) is 1. The molecule has 0 radical (unpaired) electrons. The topological polar surface area (TPSA) is 68.2 Å². The van der Waals surface area contributed by atoms with Gasteiger partial charge in [-0.05, 0) is 38.1 Å². The Balaban J connectivity index is 1.77. The van der Waals surface area contributed by atoms with Crippen LogP contribution in [0.4, 0.5) is 0 Å². The van der Waals surface area contributed by atoms with Gasteiger partial charge in [-0.2, -0.15) is 0 Å². The van der Waals surface area contributed by atoms with Crippen LogP contribution in [0.2, 0.25) is 0 Å². The van der Waals surface area contributed by atoms with Crippen LogP contribution in [-0.4, -0.2) is 67.6 Å². The van der Waals surface area contributed by atoms with Crippen LogP contribution in [-0.2, 0) is 9.47 Å². The van der Waals surface area contributed by atoms with E-state index in [2.05, 4.69) is 9.64 Å². The largest absolute Gasteiger partial charge is 0.491 e. The number of rotatable bonds is 6. The number of aliphatic hydroxyl groups is 1. The lowest BCUT2D eigenvalue weighted by Crippen LogP contribution is -2.48. The van der Waals surface area contributed by atoms with Crippen LogP contribution < -0.4 is 4.74 Å². The predicted octanol–water partition coefficient (Wildman–Crippen LogP) is 1.32. The maximum absolute atomic E-state index is 11.3. The first-order valence-electron chi connectivity index (χ1n) is 7.85. The fourth-order valence-corrected chi connectivity index (χ4v) is 2.78. The highest BCUT2D eigenvalue weighted by molar-refractivity contribution is 5.89. The van der Waals surface area contributed by atoms with E-state index in [4.69, 9.17) is 9.47 Å². The Morgan fingerprint density at radius 1 is 1.30 bits per heavy atom. The van der Waals surface area contributed by atoms with Crippen LogP contribution >= 0.6 is 0 Å². The smallest absolute Gasteiger partial charge is 0.337 e. The van der Waals surface area contributed by atoms with Crippen LogP contribution in [0, 0.1) is 0 Å². The van der Waals surface area contributed by atoms with Crippen LogP contribution in [0.3, 0.4) is 0 Å². The Bertz CT molecular complexity index is 494. The molecule has 1 N–H and O–H groups in total. The van der Waals surface area contributed by atoms with E-state index in [0.29, 0.717) is 17.9 Å². The van der Waals surface area contributed by atoms with Crippen molar-refractivity contribution in [3.05, 3.63) is 29.8 Å². The Hall–Kier alpha value is -1.63. The highest BCUT2D eigenvalue weighted by Gasteiger charge is 2.23. The van der Waals surface area contributed by atoms with Crippen molar-refractivity contribution in [3.63, 3.8) is 0 Å². The zero-order chi connectivity index (χ0) is 16.8. The van der Waals surface area contributed by atoms with Gasteiger partial charge < -0.3 is 19.3 Å². The van der Waals surface area contributed by atoms with E-state index in [1.807, 2.05) is 13.8 Å². The number of hydrogen-bond acceptors (Lipinski definition) is 6. The molecule has 0 unspecified atom stereocenters. The van der Waals surface area contributed by atoms with Crippen molar-refractivity contribution in [3.8, 4) is 5.75 Å². The normalized spacial score (nSPS) is 23.3. The van der Waals surface area contributed by atoms with Gasteiger partial charge in [0.05, 0.1) is 24.9 Å². The monoisotopic (exact) mass is 323 g/mol. The standard InChI is InChI=1S/C17H25NO5/c1-12-8-18(9-13(2)23-12)10-15(19)11-22-16-6-4-14(5-7-16)17(20)21-3/h4-7,12-13,15,19H,8-11H2,1-3H3/t12-,13-,15-/m0/s1. The summed E-state index contributed by atoms with van der Waals surface area (Å²) < 4.78 is 15.9. The molecule has 0 spiro atoms. The van der Waals surface area contributed by atoms with Gasteiger partial charge in [-0.25, -0.2) is 4.79 Å². The van der Waals surface area contributed by atoms with E-state index >= 15 is 0 Å². The molecule has 1 aliphatic rings. The molecule has 0 aromatic heterocycles. The molecule has 1 heterocycles. The highest BCUT2D eigenvalue weighted by Crippen LogP contribution is 2.14. The summed E-state index contributed by atoms with van der Waals surface area (Å²) in [6.45, 7) is 6.46. The zero-order valence-electron chi connectivity index (χ0n) is 13.9. The molecule has 1 saturated heterocycles. The number of morpholine rings is 1. The number of esters is 1. The van der Waals surface area contributed by atoms with Gasteiger partial charge in [-0.3, -0.25) is 4.90 Å². The van der Waals surface area contributed by atoms with Crippen molar-refractivity contribution in [2.24, 2.45) is 0 Å². The minimum absolute atomic E-state index is 0.178. The number of carbonyl (C=O) groups excluding carboxylic acids is 1.